The van der Waals surface area contributed by atoms with E-state index < -0.39 is 29.9 Å². The van der Waals surface area contributed by atoms with E-state index in [4.69, 9.17) is 15.9 Å². The summed E-state index contributed by atoms with van der Waals surface area (Å²) < 4.78 is 0. The molecule has 7 nitrogen and oxygen atoms in total. The van der Waals surface area contributed by atoms with Crippen molar-refractivity contribution < 1.29 is 24.6 Å². The number of primary amides is 1. The van der Waals surface area contributed by atoms with Gasteiger partial charge < -0.3 is 15.9 Å². The third-order valence-corrected chi connectivity index (χ3v) is 2.23. The summed E-state index contributed by atoms with van der Waals surface area (Å²) >= 11 is 0. The molecule has 0 aromatic carbocycles. The maximum absolute atomic E-state index is 10.7. The van der Waals surface area contributed by atoms with Gasteiger partial charge in [0.15, 0.2) is 0 Å². The number of rotatable bonds is 2. The Hall–Kier alpha value is -1.79. The molecule has 4 N–H and O–H groups in total. The maximum atomic E-state index is 10.7. The summed E-state index contributed by atoms with van der Waals surface area (Å²) in [5, 5.41) is 17.3. The van der Waals surface area contributed by atoms with Gasteiger partial charge in [-0.05, 0) is 6.42 Å². The van der Waals surface area contributed by atoms with Gasteiger partial charge >= 0.3 is 12.1 Å². The van der Waals surface area contributed by atoms with E-state index in [9.17, 15) is 14.4 Å². The van der Waals surface area contributed by atoms with E-state index in [0.717, 1.165) is 4.90 Å². The first kappa shape index (κ1) is 10.3. The predicted octanol–water partition coefficient (Wildman–Crippen LogP) is -1.08. The first-order valence-electron chi connectivity index (χ1n) is 3.95. The highest BCUT2D eigenvalue weighted by atomic mass is 16.4. The van der Waals surface area contributed by atoms with Crippen LogP contribution in [0.15, 0.2) is 0 Å². The van der Waals surface area contributed by atoms with Crippen LogP contribution in [0.1, 0.15) is 6.42 Å². The quantitative estimate of drug-likeness (QED) is 0.526. The third-order valence-electron chi connectivity index (χ3n) is 2.23. The van der Waals surface area contributed by atoms with E-state index in [0.29, 0.717) is 0 Å². The van der Waals surface area contributed by atoms with Crippen molar-refractivity contribution >= 4 is 18.0 Å². The number of carboxylic acid groups (broad SMARTS) is 2. The van der Waals surface area contributed by atoms with Gasteiger partial charge in [-0.2, -0.15) is 0 Å². The van der Waals surface area contributed by atoms with Gasteiger partial charge in [0.05, 0.1) is 5.92 Å². The Kier molecular flexibility index (Phi) is 2.59. The fraction of sp³-hybridized carbons (Fsp3) is 0.571. The number of hydrogen-bond donors (Lipinski definition) is 3. The zero-order valence-corrected chi connectivity index (χ0v) is 7.21. The first-order valence-corrected chi connectivity index (χ1v) is 3.95. The molecule has 0 saturated carbocycles. The highest BCUT2D eigenvalue weighted by molar-refractivity contribution is 5.84. The molecule has 0 aromatic rings. The van der Waals surface area contributed by atoms with E-state index >= 15 is 0 Å². The summed E-state index contributed by atoms with van der Waals surface area (Å²) in [5.41, 5.74) is 4.97. The van der Waals surface area contributed by atoms with Gasteiger partial charge in [0.2, 0.25) is 5.91 Å². The molecule has 1 fully saturated rings. The van der Waals surface area contributed by atoms with Gasteiger partial charge in [-0.1, -0.05) is 0 Å². The molecule has 0 unspecified atom stereocenters. The van der Waals surface area contributed by atoms with Gasteiger partial charge in [-0.25, -0.2) is 9.59 Å². The van der Waals surface area contributed by atoms with Crippen molar-refractivity contribution in [2.45, 2.75) is 12.5 Å². The summed E-state index contributed by atoms with van der Waals surface area (Å²) in [4.78, 5) is 32.7. The minimum absolute atomic E-state index is 0.0447. The minimum Gasteiger partial charge on any atom is -0.480 e. The molecule has 1 heterocycles. The summed E-state index contributed by atoms with van der Waals surface area (Å²) in [5.74, 6) is -2.62. The summed E-state index contributed by atoms with van der Waals surface area (Å²) in [6, 6.07) is -1.16. The molecule has 1 aliphatic rings. The molecule has 0 aromatic heterocycles. The standard InChI is InChI=1S/C7H10N2O5/c8-5(10)3-1-4(6(11)12)9(2-3)7(13)14/h3-4H,1-2H2,(H2,8,10)(H,11,12)(H,13,14)/t3-,4+/m1/s1. The number of likely N-dealkylation sites (tertiary alicyclic amines) is 1. The number of nitrogens with zero attached hydrogens (tertiary/aromatic N) is 1. The van der Waals surface area contributed by atoms with Gasteiger partial charge in [-0.3, -0.25) is 9.69 Å². The molecule has 0 aliphatic carbocycles. The van der Waals surface area contributed by atoms with Crippen molar-refractivity contribution in [2.24, 2.45) is 11.7 Å². The molecule has 1 aliphatic heterocycles. The van der Waals surface area contributed by atoms with Crippen LogP contribution in [0.5, 0.6) is 0 Å². The third kappa shape index (κ3) is 1.76. The average molecular weight is 202 g/mol. The number of hydrogen-bond acceptors (Lipinski definition) is 3. The molecule has 0 bridgehead atoms. The molecule has 14 heavy (non-hydrogen) atoms. The maximum Gasteiger partial charge on any atom is 0.408 e. The fourth-order valence-corrected chi connectivity index (χ4v) is 1.49. The number of aliphatic carboxylic acids is 1. The number of nitrogens with two attached hydrogens (primary N) is 1. The van der Waals surface area contributed by atoms with Crippen molar-refractivity contribution in [1.29, 1.82) is 0 Å². The van der Waals surface area contributed by atoms with Crippen molar-refractivity contribution in [1.82, 2.24) is 4.90 Å². The topological polar surface area (TPSA) is 121 Å². The average Bonchev–Trinajstić information content (AvgIpc) is 2.47. The SMILES string of the molecule is NC(=O)[C@@H]1C[C@@H](C(=O)O)N(C(=O)O)C1. The normalized spacial score (nSPS) is 26.1. The molecule has 0 radical (unpaired) electrons. The lowest BCUT2D eigenvalue weighted by Crippen LogP contribution is -2.39. The molecular weight excluding hydrogens is 192 g/mol. The Morgan fingerprint density at radius 2 is 1.86 bits per heavy atom. The first-order chi connectivity index (χ1) is 6.43. The van der Waals surface area contributed by atoms with Crippen LogP contribution in [0.25, 0.3) is 0 Å². The van der Waals surface area contributed by atoms with Gasteiger partial charge in [0.1, 0.15) is 6.04 Å². The smallest absolute Gasteiger partial charge is 0.408 e. The van der Waals surface area contributed by atoms with Crippen LogP contribution in [-0.4, -0.2) is 45.7 Å². The zero-order chi connectivity index (χ0) is 10.9. The largest absolute Gasteiger partial charge is 0.480 e. The molecule has 2 amide bonds. The Balaban J connectivity index is 2.80. The van der Waals surface area contributed by atoms with Crippen LogP contribution in [0.4, 0.5) is 4.79 Å². The molecule has 1 saturated heterocycles. The van der Waals surface area contributed by atoms with Crippen LogP contribution >= 0.6 is 0 Å². The minimum atomic E-state index is -1.35. The zero-order valence-electron chi connectivity index (χ0n) is 7.21. The van der Waals surface area contributed by atoms with Crippen molar-refractivity contribution in [2.75, 3.05) is 6.54 Å². The molecule has 2 atom stereocenters. The molecule has 78 valence electrons. The monoisotopic (exact) mass is 202 g/mol. The van der Waals surface area contributed by atoms with E-state index in [-0.39, 0.29) is 13.0 Å². The van der Waals surface area contributed by atoms with Gasteiger partial charge in [0, 0.05) is 6.54 Å². The molecular formula is C7H10N2O5. The Morgan fingerprint density at radius 3 is 2.14 bits per heavy atom. The number of carboxylic acids is 1. The highest BCUT2D eigenvalue weighted by Gasteiger charge is 2.41. The summed E-state index contributed by atoms with van der Waals surface area (Å²) in [6.07, 6.45) is -1.39. The van der Waals surface area contributed by atoms with E-state index in [1.165, 1.54) is 0 Å². The second-order valence-corrected chi connectivity index (χ2v) is 3.12. The second-order valence-electron chi connectivity index (χ2n) is 3.12. The number of carbonyl (C=O) groups is 3. The van der Waals surface area contributed by atoms with Crippen LogP contribution in [0.2, 0.25) is 0 Å². The van der Waals surface area contributed by atoms with Crippen molar-refractivity contribution in [3.05, 3.63) is 0 Å². The second kappa shape index (κ2) is 3.52. The lowest BCUT2D eigenvalue weighted by atomic mass is 10.1. The Morgan fingerprint density at radius 1 is 1.29 bits per heavy atom. The van der Waals surface area contributed by atoms with E-state index in [2.05, 4.69) is 0 Å². The fourth-order valence-electron chi connectivity index (χ4n) is 1.49. The summed E-state index contributed by atoms with van der Waals surface area (Å²) in [6.45, 7) is -0.137. The predicted molar refractivity (Wildman–Crippen MR) is 43.5 cm³/mol. The van der Waals surface area contributed by atoms with Crippen molar-refractivity contribution in [3.8, 4) is 0 Å². The Bertz CT molecular complexity index is 268. The van der Waals surface area contributed by atoms with Crippen LogP contribution in [-0.2, 0) is 9.59 Å². The number of amides is 2. The molecule has 0 spiro atoms. The van der Waals surface area contributed by atoms with Crippen LogP contribution in [0, 0.1) is 5.92 Å². The van der Waals surface area contributed by atoms with Gasteiger partial charge in [0.25, 0.3) is 0 Å². The number of carbonyl (C=O) groups excluding carboxylic acids is 1. The van der Waals surface area contributed by atoms with E-state index in [1.54, 1.807) is 0 Å². The van der Waals surface area contributed by atoms with Crippen LogP contribution in [0.3, 0.4) is 0 Å². The van der Waals surface area contributed by atoms with Crippen molar-refractivity contribution in [3.63, 3.8) is 0 Å². The lowest BCUT2D eigenvalue weighted by Gasteiger charge is -2.16. The van der Waals surface area contributed by atoms with Gasteiger partial charge in [-0.15, -0.1) is 0 Å². The molecule has 1 rings (SSSR count). The van der Waals surface area contributed by atoms with E-state index in [1.807, 2.05) is 0 Å². The Labute approximate surface area is 79.1 Å². The lowest BCUT2D eigenvalue weighted by molar-refractivity contribution is -0.141. The summed E-state index contributed by atoms with van der Waals surface area (Å²) in [7, 11) is 0. The highest BCUT2D eigenvalue weighted by Crippen LogP contribution is 2.23. The van der Waals surface area contributed by atoms with Crippen LogP contribution < -0.4 is 5.73 Å². The molecule has 7 heteroatoms.